The highest BCUT2D eigenvalue weighted by Crippen LogP contribution is 2.20. The number of hydrogen-bond donors (Lipinski definition) is 3. The van der Waals surface area contributed by atoms with E-state index in [1.54, 1.807) is 0 Å². The van der Waals surface area contributed by atoms with Crippen molar-refractivity contribution < 1.29 is 20.1 Å². The minimum absolute atomic E-state index is 0.107. The van der Waals surface area contributed by atoms with E-state index in [4.69, 9.17) is 9.84 Å². The van der Waals surface area contributed by atoms with Crippen LogP contribution in [0.15, 0.2) is 0 Å². The standard InChI is InChI=1S/C9H18O4/c1-5(2)3-7-9(12)8(11)6(10)4-13-7/h5-12H,3-4H2,1-2H3/t6-,7+,8+,9-/m0/s1. The van der Waals surface area contributed by atoms with Crippen LogP contribution in [0.25, 0.3) is 0 Å². The predicted molar refractivity (Wildman–Crippen MR) is 47.2 cm³/mol. The predicted octanol–water partition coefficient (Wildman–Crippen LogP) is -0.486. The summed E-state index contributed by atoms with van der Waals surface area (Å²) in [6.07, 6.45) is -2.65. The molecule has 78 valence electrons. The van der Waals surface area contributed by atoms with E-state index in [0.717, 1.165) is 0 Å². The Morgan fingerprint density at radius 2 is 1.85 bits per heavy atom. The third kappa shape index (κ3) is 2.64. The number of ether oxygens (including phenoxy) is 1. The first-order valence-corrected chi connectivity index (χ1v) is 4.68. The van der Waals surface area contributed by atoms with Gasteiger partial charge in [-0.3, -0.25) is 0 Å². The topological polar surface area (TPSA) is 69.9 Å². The van der Waals surface area contributed by atoms with Crippen LogP contribution in [0.3, 0.4) is 0 Å². The average molecular weight is 190 g/mol. The second-order valence-corrected chi connectivity index (χ2v) is 4.05. The fraction of sp³-hybridized carbons (Fsp3) is 1.00. The SMILES string of the molecule is CC(C)C[C@H]1OC[C@H](O)[C@@H](O)[C@H]1O. The normalized spacial score (nSPS) is 41.1. The van der Waals surface area contributed by atoms with Gasteiger partial charge in [0.25, 0.3) is 0 Å². The van der Waals surface area contributed by atoms with Gasteiger partial charge in [0.1, 0.15) is 18.3 Å². The van der Waals surface area contributed by atoms with Gasteiger partial charge in [0, 0.05) is 0 Å². The van der Waals surface area contributed by atoms with E-state index in [-0.39, 0.29) is 12.7 Å². The largest absolute Gasteiger partial charge is 0.388 e. The Kier molecular flexibility index (Phi) is 3.67. The lowest BCUT2D eigenvalue weighted by Crippen LogP contribution is -2.53. The van der Waals surface area contributed by atoms with Crippen LogP contribution < -0.4 is 0 Å². The van der Waals surface area contributed by atoms with Crippen LogP contribution in [0.2, 0.25) is 0 Å². The molecule has 1 saturated heterocycles. The molecule has 0 aromatic carbocycles. The Bertz CT molecular complexity index is 160. The molecule has 0 bridgehead atoms. The van der Waals surface area contributed by atoms with Crippen LogP contribution in [0.4, 0.5) is 0 Å². The van der Waals surface area contributed by atoms with Gasteiger partial charge in [0.2, 0.25) is 0 Å². The summed E-state index contributed by atoms with van der Waals surface area (Å²) in [6, 6.07) is 0. The van der Waals surface area contributed by atoms with Crippen molar-refractivity contribution in [1.82, 2.24) is 0 Å². The summed E-state index contributed by atoms with van der Waals surface area (Å²) >= 11 is 0. The van der Waals surface area contributed by atoms with Gasteiger partial charge < -0.3 is 20.1 Å². The van der Waals surface area contributed by atoms with Crippen molar-refractivity contribution in [2.75, 3.05) is 6.61 Å². The molecule has 0 aliphatic carbocycles. The third-order valence-corrected chi connectivity index (χ3v) is 2.31. The number of aliphatic hydroxyl groups excluding tert-OH is 3. The zero-order valence-electron chi connectivity index (χ0n) is 8.05. The Morgan fingerprint density at radius 3 is 2.38 bits per heavy atom. The van der Waals surface area contributed by atoms with E-state index in [2.05, 4.69) is 0 Å². The lowest BCUT2D eigenvalue weighted by Gasteiger charge is -2.36. The summed E-state index contributed by atoms with van der Waals surface area (Å²) in [5.41, 5.74) is 0. The van der Waals surface area contributed by atoms with Gasteiger partial charge in [-0.2, -0.15) is 0 Å². The summed E-state index contributed by atoms with van der Waals surface area (Å²) in [4.78, 5) is 0. The van der Waals surface area contributed by atoms with E-state index >= 15 is 0 Å². The molecular formula is C9H18O4. The first-order chi connectivity index (χ1) is 6.02. The van der Waals surface area contributed by atoms with E-state index < -0.39 is 18.3 Å². The minimum Gasteiger partial charge on any atom is -0.388 e. The zero-order valence-corrected chi connectivity index (χ0v) is 8.05. The van der Waals surface area contributed by atoms with Gasteiger partial charge in [0.05, 0.1) is 12.7 Å². The van der Waals surface area contributed by atoms with Crippen LogP contribution in [0.5, 0.6) is 0 Å². The maximum Gasteiger partial charge on any atom is 0.111 e. The Labute approximate surface area is 78.1 Å². The highest BCUT2D eigenvalue weighted by Gasteiger charge is 2.37. The van der Waals surface area contributed by atoms with Crippen molar-refractivity contribution in [2.45, 2.75) is 44.7 Å². The summed E-state index contributed by atoms with van der Waals surface area (Å²) in [5, 5.41) is 28.0. The smallest absolute Gasteiger partial charge is 0.111 e. The quantitative estimate of drug-likeness (QED) is 0.550. The van der Waals surface area contributed by atoms with Crippen LogP contribution in [0.1, 0.15) is 20.3 Å². The molecule has 0 spiro atoms. The molecule has 1 rings (SSSR count). The van der Waals surface area contributed by atoms with Crippen molar-refractivity contribution in [3.8, 4) is 0 Å². The molecule has 1 heterocycles. The average Bonchev–Trinajstić information content (AvgIpc) is 2.06. The first kappa shape index (κ1) is 10.9. The van der Waals surface area contributed by atoms with Gasteiger partial charge in [-0.05, 0) is 12.3 Å². The second kappa shape index (κ2) is 4.37. The van der Waals surface area contributed by atoms with Crippen LogP contribution in [-0.2, 0) is 4.74 Å². The molecule has 4 nitrogen and oxygen atoms in total. The molecule has 4 atom stereocenters. The van der Waals surface area contributed by atoms with Gasteiger partial charge in [0.15, 0.2) is 0 Å². The summed E-state index contributed by atoms with van der Waals surface area (Å²) < 4.78 is 5.22. The molecule has 13 heavy (non-hydrogen) atoms. The molecule has 0 saturated carbocycles. The van der Waals surface area contributed by atoms with Crippen molar-refractivity contribution in [2.24, 2.45) is 5.92 Å². The molecule has 0 aromatic heterocycles. The molecular weight excluding hydrogens is 172 g/mol. The number of aliphatic hydroxyl groups is 3. The van der Waals surface area contributed by atoms with E-state index in [1.165, 1.54) is 0 Å². The third-order valence-electron chi connectivity index (χ3n) is 2.31. The van der Waals surface area contributed by atoms with Crippen LogP contribution in [0, 0.1) is 5.92 Å². The fourth-order valence-corrected chi connectivity index (χ4v) is 1.54. The lowest BCUT2D eigenvalue weighted by molar-refractivity contribution is -0.190. The van der Waals surface area contributed by atoms with Crippen molar-refractivity contribution in [3.63, 3.8) is 0 Å². The first-order valence-electron chi connectivity index (χ1n) is 4.68. The summed E-state index contributed by atoms with van der Waals surface area (Å²) in [6.45, 7) is 4.15. The van der Waals surface area contributed by atoms with Gasteiger partial charge >= 0.3 is 0 Å². The Balaban J connectivity index is 2.48. The molecule has 3 N–H and O–H groups in total. The summed E-state index contributed by atoms with van der Waals surface area (Å²) in [5.74, 6) is 0.405. The molecule has 0 aromatic rings. The van der Waals surface area contributed by atoms with E-state index in [1.807, 2.05) is 13.8 Å². The maximum absolute atomic E-state index is 9.52. The van der Waals surface area contributed by atoms with E-state index in [9.17, 15) is 10.2 Å². The van der Waals surface area contributed by atoms with Gasteiger partial charge in [-0.1, -0.05) is 13.8 Å². The maximum atomic E-state index is 9.52. The van der Waals surface area contributed by atoms with Crippen LogP contribution >= 0.6 is 0 Å². The lowest BCUT2D eigenvalue weighted by atomic mass is 9.94. The molecule has 4 heteroatoms. The molecule has 0 unspecified atom stereocenters. The summed E-state index contributed by atoms with van der Waals surface area (Å²) in [7, 11) is 0. The zero-order chi connectivity index (χ0) is 10.0. The van der Waals surface area contributed by atoms with Gasteiger partial charge in [-0.15, -0.1) is 0 Å². The molecule has 1 aliphatic heterocycles. The van der Waals surface area contributed by atoms with Crippen molar-refractivity contribution in [1.29, 1.82) is 0 Å². The second-order valence-electron chi connectivity index (χ2n) is 4.05. The Hall–Kier alpha value is -0.160. The monoisotopic (exact) mass is 190 g/mol. The van der Waals surface area contributed by atoms with Crippen molar-refractivity contribution >= 4 is 0 Å². The highest BCUT2D eigenvalue weighted by atomic mass is 16.5. The molecule has 1 aliphatic rings. The highest BCUT2D eigenvalue weighted by molar-refractivity contribution is 4.86. The Morgan fingerprint density at radius 1 is 1.23 bits per heavy atom. The van der Waals surface area contributed by atoms with E-state index in [0.29, 0.717) is 12.3 Å². The fourth-order valence-electron chi connectivity index (χ4n) is 1.54. The molecule has 0 amide bonds. The number of rotatable bonds is 2. The molecule has 0 radical (unpaired) electrons. The van der Waals surface area contributed by atoms with Gasteiger partial charge in [-0.25, -0.2) is 0 Å². The molecule has 1 fully saturated rings. The minimum atomic E-state index is -1.07. The number of hydrogen-bond acceptors (Lipinski definition) is 4. The van der Waals surface area contributed by atoms with Crippen molar-refractivity contribution in [3.05, 3.63) is 0 Å². The van der Waals surface area contributed by atoms with Crippen LogP contribution in [-0.4, -0.2) is 46.3 Å².